The van der Waals surface area contributed by atoms with Crippen molar-refractivity contribution in [1.29, 1.82) is 0 Å². The number of hydrogen-bond donors (Lipinski definition) is 0. The van der Waals surface area contributed by atoms with Gasteiger partial charge in [0, 0.05) is 30.6 Å². The summed E-state index contributed by atoms with van der Waals surface area (Å²) in [5.41, 5.74) is -8.43. The number of alkyl halides is 6. The first-order valence-electron chi connectivity index (χ1n) is 16.5. The minimum absolute atomic E-state index is 0.0111. The Balaban J connectivity index is 1.73. The molecule has 54 heavy (non-hydrogen) atoms. The van der Waals surface area contributed by atoms with Crippen molar-refractivity contribution < 1.29 is 66.7 Å². The van der Waals surface area contributed by atoms with E-state index in [-0.39, 0.29) is 5.56 Å². The highest BCUT2D eigenvalue weighted by Gasteiger charge is 2.85. The molecule has 6 rings (SSSR count). The Morgan fingerprint density at radius 3 is 2.00 bits per heavy atom. The minimum Gasteiger partial charge on any atom is -0.458 e. The van der Waals surface area contributed by atoms with Crippen molar-refractivity contribution in [1.82, 2.24) is 0 Å². The average Bonchev–Trinajstić information content (AvgIpc) is 3.43. The summed E-state index contributed by atoms with van der Waals surface area (Å²) < 4.78 is 36.0. The Bertz CT molecular complexity index is 1810. The Morgan fingerprint density at radius 2 is 1.46 bits per heavy atom. The zero-order valence-electron chi connectivity index (χ0n) is 28.9. The maximum Gasteiger partial charge on any atom is 0.510 e. The second-order valence-corrected chi connectivity index (χ2v) is 19.3. The van der Waals surface area contributed by atoms with E-state index in [2.05, 4.69) is 0 Å². The summed E-state index contributed by atoms with van der Waals surface area (Å²) in [4.78, 5) is 97.5. The zero-order valence-corrected chi connectivity index (χ0v) is 33.4. The van der Waals surface area contributed by atoms with Crippen LogP contribution in [0.4, 0.5) is 4.79 Å². The number of benzene rings is 1. The Morgan fingerprint density at radius 1 is 0.870 bits per heavy atom. The van der Waals surface area contributed by atoms with Crippen LogP contribution in [0.5, 0.6) is 0 Å². The van der Waals surface area contributed by atoms with Gasteiger partial charge in [0.1, 0.15) is 12.2 Å². The van der Waals surface area contributed by atoms with Crippen molar-refractivity contribution in [3.05, 3.63) is 35.9 Å². The molecule has 3 aliphatic carbocycles. The molecular weight excluding hydrogens is 845 g/mol. The smallest absolute Gasteiger partial charge is 0.458 e. The molecule has 5 aliphatic rings. The SMILES string of the molecule is CC(=O)O[C@@]12COC1C[C@H](OC(=O)C(Cl)(Cl)Cl)[C@@]1(C)C(=O)[C@H](OC(=O)C(Cl)(Cl)Cl)C3C(C)C(=O)[C@@H]4OC(=O)O[C@]4([C@@H](OC(=O)c4ccccc4)[C@@H]12)C3(C)C. The van der Waals surface area contributed by atoms with Crippen molar-refractivity contribution in [2.24, 2.45) is 28.6 Å². The van der Waals surface area contributed by atoms with Crippen molar-refractivity contribution >= 4 is 111 Å². The molecule has 1 aromatic rings. The molecule has 0 N–H and O–H groups in total. The highest BCUT2D eigenvalue weighted by atomic mass is 35.6. The van der Waals surface area contributed by atoms with Crippen molar-refractivity contribution in [3.8, 4) is 0 Å². The van der Waals surface area contributed by atoms with E-state index < -0.39 is 133 Å². The quantitative estimate of drug-likeness (QED) is 0.213. The molecule has 2 heterocycles. The normalized spacial score (nSPS) is 38.0. The second kappa shape index (κ2) is 13.5. The van der Waals surface area contributed by atoms with E-state index in [1.54, 1.807) is 18.2 Å². The summed E-state index contributed by atoms with van der Waals surface area (Å²) in [5, 5.41) is 0. The number of fused-ring (bicyclic) bond motifs is 4. The number of carbonyl (C=O) groups excluding carboxylic acids is 7. The van der Waals surface area contributed by atoms with Gasteiger partial charge in [-0.2, -0.15) is 0 Å². The van der Waals surface area contributed by atoms with Gasteiger partial charge >= 0.3 is 30.0 Å². The standard InChI is InChI=1S/C34H32Cl6O14/c1-13-18-20(50-27(46)34(38,39)40)22(43)30(5)16(49-26(45)33(35,36)37)11-17-31(12-48-17,53-14(2)41)21(30)24(51-25(44)15-9-7-6-8-10-15)32(29(18,3)4)23(19(13)42)52-28(47)54-32/h6-10,13,16-18,20-21,23-24H,11-12H2,1-5H3/t13?,16-,17?,18?,20+,21-,23-,24-,30+,31-,32+/m0/s1. The molecule has 11 atom stereocenters. The molecule has 2 bridgehead atoms. The van der Waals surface area contributed by atoms with Crippen molar-refractivity contribution in [2.75, 3.05) is 6.61 Å². The lowest BCUT2D eigenvalue weighted by Crippen LogP contribution is -2.84. The lowest BCUT2D eigenvalue weighted by molar-refractivity contribution is -0.350. The number of ether oxygens (including phenoxy) is 7. The maximum atomic E-state index is 15.7. The van der Waals surface area contributed by atoms with E-state index in [9.17, 15) is 28.8 Å². The fourth-order valence-electron chi connectivity index (χ4n) is 9.34. The highest BCUT2D eigenvalue weighted by Crippen LogP contribution is 2.67. The molecule has 294 valence electrons. The van der Waals surface area contributed by atoms with E-state index in [0.29, 0.717) is 0 Å². The fourth-order valence-corrected chi connectivity index (χ4v) is 9.61. The van der Waals surface area contributed by atoms with Gasteiger partial charge in [0.05, 0.1) is 23.5 Å². The van der Waals surface area contributed by atoms with Gasteiger partial charge in [-0.25, -0.2) is 19.2 Å². The summed E-state index contributed by atoms with van der Waals surface area (Å²) >= 11 is 35.6. The Kier molecular flexibility index (Phi) is 10.3. The van der Waals surface area contributed by atoms with Gasteiger partial charge in [-0.3, -0.25) is 14.4 Å². The van der Waals surface area contributed by atoms with E-state index in [4.69, 9.17) is 103 Å². The van der Waals surface area contributed by atoms with Crippen molar-refractivity contribution in [3.63, 3.8) is 0 Å². The number of halogens is 6. The van der Waals surface area contributed by atoms with Crippen molar-refractivity contribution in [2.45, 2.75) is 90.3 Å². The van der Waals surface area contributed by atoms with Gasteiger partial charge in [-0.1, -0.05) is 109 Å². The maximum absolute atomic E-state index is 15.7. The highest BCUT2D eigenvalue weighted by molar-refractivity contribution is 6.76. The van der Waals surface area contributed by atoms with E-state index in [0.717, 1.165) is 6.92 Å². The lowest BCUT2D eigenvalue weighted by Gasteiger charge is -2.68. The van der Waals surface area contributed by atoms with E-state index in [1.165, 1.54) is 39.8 Å². The molecular formula is C34H32Cl6O14. The van der Waals surface area contributed by atoms with E-state index in [1.807, 2.05) is 0 Å². The molecule has 0 radical (unpaired) electrons. The summed E-state index contributed by atoms with van der Waals surface area (Å²) in [6, 6.07) is 7.55. The third-order valence-corrected chi connectivity index (χ3v) is 12.6. The third-order valence-electron chi connectivity index (χ3n) is 11.6. The fraction of sp³-hybridized carbons (Fsp3) is 0.618. The molecule has 3 saturated carbocycles. The molecule has 2 aliphatic heterocycles. The summed E-state index contributed by atoms with van der Waals surface area (Å²) in [6.45, 7) is 6.27. The van der Waals surface area contributed by atoms with Crippen LogP contribution in [0.15, 0.2) is 30.3 Å². The van der Waals surface area contributed by atoms with Gasteiger partial charge in [0.15, 0.2) is 29.4 Å². The van der Waals surface area contributed by atoms with Crippen LogP contribution in [0, 0.1) is 28.6 Å². The summed E-state index contributed by atoms with van der Waals surface area (Å²) in [7, 11) is 0. The predicted octanol–water partition coefficient (Wildman–Crippen LogP) is 5.22. The van der Waals surface area contributed by atoms with Crippen LogP contribution in [0.2, 0.25) is 0 Å². The predicted molar refractivity (Wildman–Crippen MR) is 187 cm³/mol. The average molecular weight is 877 g/mol. The number of rotatable bonds is 5. The molecule has 1 aromatic carbocycles. The number of hydrogen-bond acceptors (Lipinski definition) is 14. The molecule has 0 amide bonds. The Hall–Kier alpha value is -2.59. The third kappa shape index (κ3) is 6.04. The molecule has 3 unspecified atom stereocenters. The first-order chi connectivity index (χ1) is 24.9. The summed E-state index contributed by atoms with van der Waals surface area (Å²) in [5.74, 6) is -11.3. The van der Waals surface area contributed by atoms with Gasteiger partial charge in [-0.15, -0.1) is 0 Å². The van der Waals surface area contributed by atoms with Gasteiger partial charge in [0.2, 0.25) is 11.7 Å². The minimum atomic E-state index is -2.76. The first-order valence-corrected chi connectivity index (χ1v) is 18.7. The van der Waals surface area contributed by atoms with Gasteiger partial charge < -0.3 is 33.2 Å². The molecule has 5 fully saturated rings. The van der Waals surface area contributed by atoms with Crippen LogP contribution in [0.1, 0.15) is 51.4 Å². The lowest BCUT2D eigenvalue weighted by atomic mass is 9.42. The van der Waals surface area contributed by atoms with Crippen LogP contribution in [-0.4, -0.2) is 97.5 Å². The first kappa shape index (κ1) is 41.1. The summed E-state index contributed by atoms with van der Waals surface area (Å²) in [6.07, 6.45) is -10.5. The van der Waals surface area contributed by atoms with Crippen LogP contribution in [-0.2, 0) is 57.1 Å². The van der Waals surface area contributed by atoms with Crippen LogP contribution >= 0.6 is 69.6 Å². The second-order valence-electron chi connectivity index (χ2n) is 14.7. The van der Waals surface area contributed by atoms with Crippen LogP contribution in [0.3, 0.4) is 0 Å². The van der Waals surface area contributed by atoms with Crippen LogP contribution in [0.25, 0.3) is 0 Å². The molecule has 14 nitrogen and oxygen atoms in total. The molecule has 2 saturated heterocycles. The number of carbonyl (C=O) groups is 7. The topological polar surface area (TPSA) is 184 Å². The molecule has 20 heteroatoms. The van der Waals surface area contributed by atoms with Crippen LogP contribution < -0.4 is 0 Å². The molecule has 1 spiro atoms. The monoisotopic (exact) mass is 874 g/mol. The number of Topliss-reactive ketones (excluding diaryl/α,β-unsaturated/α-hetero) is 2. The van der Waals surface area contributed by atoms with Gasteiger partial charge in [0.25, 0.3) is 7.59 Å². The largest absolute Gasteiger partial charge is 0.510 e. The Labute approximate surface area is 337 Å². The molecule has 0 aromatic heterocycles. The number of ketones is 2. The number of esters is 4. The van der Waals surface area contributed by atoms with Gasteiger partial charge in [-0.05, 0) is 19.1 Å². The van der Waals surface area contributed by atoms with E-state index >= 15 is 4.79 Å². The zero-order chi connectivity index (χ0) is 40.1.